The molecule has 12 heteroatoms. The fraction of sp³-hybridized carbons (Fsp3) is 0.500. The molecule has 30 heavy (non-hydrogen) atoms. The summed E-state index contributed by atoms with van der Waals surface area (Å²) >= 11 is 1.67. The first-order valence-electron chi connectivity index (χ1n) is 9.07. The Labute approximate surface area is 173 Å². The van der Waals surface area contributed by atoms with Crippen molar-refractivity contribution in [3.05, 3.63) is 40.7 Å². The number of morpholine rings is 1. The van der Waals surface area contributed by atoms with Gasteiger partial charge >= 0.3 is 12.1 Å². The maximum atomic E-state index is 13.8. The van der Waals surface area contributed by atoms with E-state index in [-0.39, 0.29) is 18.1 Å². The smallest absolute Gasteiger partial charge is 0.475 e. The Kier molecular flexibility index (Phi) is 7.21. The van der Waals surface area contributed by atoms with Crippen LogP contribution in [0.5, 0.6) is 5.88 Å². The van der Waals surface area contributed by atoms with Gasteiger partial charge in [-0.3, -0.25) is 4.90 Å². The van der Waals surface area contributed by atoms with Crippen molar-refractivity contribution in [2.45, 2.75) is 43.8 Å². The minimum atomic E-state index is -5.08. The van der Waals surface area contributed by atoms with E-state index in [0.29, 0.717) is 12.6 Å². The summed E-state index contributed by atoms with van der Waals surface area (Å²) in [7, 11) is 0. The van der Waals surface area contributed by atoms with Gasteiger partial charge in [0.05, 0.1) is 13.2 Å². The Morgan fingerprint density at radius 1 is 1.33 bits per heavy atom. The molecule has 2 aromatic heterocycles. The van der Waals surface area contributed by atoms with Gasteiger partial charge in [0, 0.05) is 30.4 Å². The number of carboxylic acids is 1. The van der Waals surface area contributed by atoms with E-state index in [1.807, 2.05) is 11.6 Å². The van der Waals surface area contributed by atoms with Crippen LogP contribution >= 0.6 is 11.3 Å². The fourth-order valence-corrected chi connectivity index (χ4v) is 4.06. The van der Waals surface area contributed by atoms with Crippen LogP contribution in [0.3, 0.4) is 0 Å². The fourth-order valence-electron chi connectivity index (χ4n) is 3.42. The lowest BCUT2D eigenvalue weighted by Gasteiger charge is -2.38. The number of hydrogen-bond donors (Lipinski definition) is 1. The molecule has 1 aliphatic heterocycles. The summed E-state index contributed by atoms with van der Waals surface area (Å²) in [6.07, 6.45) is -0.0629. The predicted molar refractivity (Wildman–Crippen MR) is 97.6 cm³/mol. The molecule has 3 atom stereocenters. The zero-order chi connectivity index (χ0) is 21.7. The van der Waals surface area contributed by atoms with Crippen LogP contribution < -0.4 is 4.74 Å². The molecule has 0 amide bonds. The largest absolute Gasteiger partial charge is 0.490 e. The highest BCUT2D eigenvalue weighted by molar-refractivity contribution is 7.09. The highest BCUT2D eigenvalue weighted by Gasteiger charge is 2.44. The molecule has 1 aliphatic carbocycles. The van der Waals surface area contributed by atoms with E-state index in [1.54, 1.807) is 23.6 Å². The molecule has 1 saturated carbocycles. The summed E-state index contributed by atoms with van der Waals surface area (Å²) in [5.74, 6) is -3.11. The summed E-state index contributed by atoms with van der Waals surface area (Å²) in [4.78, 5) is 19.7. The Balaban J connectivity index is 0.000000318. The van der Waals surface area contributed by atoms with Gasteiger partial charge in [0.2, 0.25) is 0 Å². The van der Waals surface area contributed by atoms with Crippen LogP contribution in [0.1, 0.15) is 17.8 Å². The van der Waals surface area contributed by atoms with Gasteiger partial charge < -0.3 is 14.6 Å². The molecular formula is C18H19F4N3O4S. The van der Waals surface area contributed by atoms with Crippen molar-refractivity contribution in [3.8, 4) is 5.88 Å². The number of aliphatic carboxylic acids is 1. The van der Waals surface area contributed by atoms with Gasteiger partial charge in [0.15, 0.2) is 5.82 Å². The molecule has 2 aliphatic rings. The minimum Gasteiger partial charge on any atom is -0.475 e. The third-order valence-electron chi connectivity index (χ3n) is 4.70. The van der Waals surface area contributed by atoms with Crippen LogP contribution in [-0.4, -0.2) is 63.5 Å². The first kappa shape index (κ1) is 22.4. The van der Waals surface area contributed by atoms with Gasteiger partial charge in [-0.25, -0.2) is 19.2 Å². The average Bonchev–Trinajstić information content (AvgIpc) is 3.34. The normalized spacial score (nSPS) is 23.9. The molecule has 0 aromatic carbocycles. The number of hydrogen-bond acceptors (Lipinski definition) is 7. The van der Waals surface area contributed by atoms with E-state index in [1.165, 1.54) is 6.07 Å². The number of pyridine rings is 1. The molecular weight excluding hydrogens is 430 g/mol. The number of carboxylic acid groups (broad SMARTS) is 1. The number of aromatic nitrogens is 2. The molecule has 0 radical (unpaired) electrons. The minimum absolute atomic E-state index is 0.0369. The third-order valence-corrected chi connectivity index (χ3v) is 5.47. The highest BCUT2D eigenvalue weighted by atomic mass is 32.1. The topological polar surface area (TPSA) is 84.8 Å². The van der Waals surface area contributed by atoms with E-state index in [4.69, 9.17) is 19.4 Å². The Morgan fingerprint density at radius 2 is 2.10 bits per heavy atom. The monoisotopic (exact) mass is 449 g/mol. The van der Waals surface area contributed by atoms with E-state index in [2.05, 4.69) is 14.9 Å². The lowest BCUT2D eigenvalue weighted by molar-refractivity contribution is -0.192. The molecule has 164 valence electrons. The van der Waals surface area contributed by atoms with Gasteiger partial charge in [-0.05, 0) is 25.0 Å². The Bertz CT molecular complexity index is 837. The molecule has 0 bridgehead atoms. The SMILES string of the molecule is Fc1cccnc1O[C@H]1CC[C@H]2[C@H]1OCCN2Cc1nccs1.O=C(O)C(F)(F)F. The third kappa shape index (κ3) is 5.64. The summed E-state index contributed by atoms with van der Waals surface area (Å²) in [5, 5.41) is 10.2. The van der Waals surface area contributed by atoms with Crippen LogP contribution in [0.2, 0.25) is 0 Å². The number of rotatable bonds is 4. The van der Waals surface area contributed by atoms with E-state index < -0.39 is 18.0 Å². The van der Waals surface area contributed by atoms with Crippen molar-refractivity contribution in [2.24, 2.45) is 0 Å². The lowest BCUT2D eigenvalue weighted by atomic mass is 10.1. The highest BCUT2D eigenvalue weighted by Crippen LogP contribution is 2.34. The Morgan fingerprint density at radius 3 is 2.73 bits per heavy atom. The molecule has 1 saturated heterocycles. The Hall–Kier alpha value is -2.31. The molecule has 2 aromatic rings. The second-order valence-electron chi connectivity index (χ2n) is 6.63. The number of alkyl halides is 3. The van der Waals surface area contributed by atoms with E-state index in [9.17, 15) is 17.6 Å². The summed E-state index contributed by atoms with van der Waals surface area (Å²) in [5.41, 5.74) is 0. The number of carbonyl (C=O) groups is 1. The van der Waals surface area contributed by atoms with Crippen molar-refractivity contribution >= 4 is 17.3 Å². The number of ether oxygens (including phenoxy) is 2. The van der Waals surface area contributed by atoms with Crippen LogP contribution in [0, 0.1) is 5.82 Å². The van der Waals surface area contributed by atoms with E-state index >= 15 is 0 Å². The predicted octanol–water partition coefficient (Wildman–Crippen LogP) is 3.12. The van der Waals surface area contributed by atoms with Crippen LogP contribution in [0.4, 0.5) is 17.6 Å². The van der Waals surface area contributed by atoms with Crippen molar-refractivity contribution in [1.82, 2.24) is 14.9 Å². The van der Waals surface area contributed by atoms with E-state index in [0.717, 1.165) is 30.9 Å². The van der Waals surface area contributed by atoms with Crippen LogP contribution in [-0.2, 0) is 16.1 Å². The van der Waals surface area contributed by atoms with Gasteiger partial charge in [0.1, 0.15) is 17.2 Å². The second-order valence-corrected chi connectivity index (χ2v) is 7.61. The van der Waals surface area contributed by atoms with Gasteiger partial charge in [-0.15, -0.1) is 11.3 Å². The number of thiazole rings is 1. The standard InChI is InChI=1S/C16H18FN3O2S.C2HF3O2/c17-11-2-1-5-19-16(11)22-13-4-3-12-15(13)21-8-7-20(12)10-14-18-6-9-23-14;3-2(4,5)1(6)7/h1-2,5-6,9,12-13,15H,3-4,7-8,10H2;(H,6,7)/t12-,13-,15+;/m0./s1. The van der Waals surface area contributed by atoms with Gasteiger partial charge in [0.25, 0.3) is 5.88 Å². The molecule has 4 rings (SSSR count). The number of halogens is 4. The maximum absolute atomic E-state index is 13.8. The zero-order valence-electron chi connectivity index (χ0n) is 15.6. The van der Waals surface area contributed by atoms with Crippen molar-refractivity contribution in [1.29, 1.82) is 0 Å². The zero-order valence-corrected chi connectivity index (χ0v) is 16.4. The molecule has 7 nitrogen and oxygen atoms in total. The lowest BCUT2D eigenvalue weighted by Crippen LogP contribution is -2.51. The van der Waals surface area contributed by atoms with Crippen LogP contribution in [0.25, 0.3) is 0 Å². The first-order valence-corrected chi connectivity index (χ1v) is 9.95. The average molecular weight is 449 g/mol. The molecule has 2 fully saturated rings. The maximum Gasteiger partial charge on any atom is 0.490 e. The summed E-state index contributed by atoms with van der Waals surface area (Å²) in [6, 6.07) is 3.22. The van der Waals surface area contributed by atoms with Crippen molar-refractivity contribution in [3.63, 3.8) is 0 Å². The van der Waals surface area contributed by atoms with Crippen molar-refractivity contribution in [2.75, 3.05) is 13.2 Å². The molecule has 0 spiro atoms. The number of nitrogens with zero attached hydrogens (tertiary/aromatic N) is 3. The second kappa shape index (κ2) is 9.67. The number of fused-ring (bicyclic) bond motifs is 1. The van der Waals surface area contributed by atoms with Crippen LogP contribution in [0.15, 0.2) is 29.9 Å². The molecule has 3 heterocycles. The van der Waals surface area contributed by atoms with Gasteiger partial charge in [-0.2, -0.15) is 13.2 Å². The molecule has 0 unspecified atom stereocenters. The first-order chi connectivity index (χ1) is 14.3. The quantitative estimate of drug-likeness (QED) is 0.718. The summed E-state index contributed by atoms with van der Waals surface area (Å²) < 4.78 is 57.2. The van der Waals surface area contributed by atoms with Gasteiger partial charge in [-0.1, -0.05) is 0 Å². The summed E-state index contributed by atoms with van der Waals surface area (Å²) in [6.45, 7) is 2.40. The molecule has 1 N–H and O–H groups in total. The van der Waals surface area contributed by atoms with Crippen molar-refractivity contribution < 1.29 is 36.9 Å².